The maximum Gasteiger partial charge on any atom is 0.303 e. The van der Waals surface area contributed by atoms with Crippen molar-refractivity contribution < 1.29 is 14.7 Å². The van der Waals surface area contributed by atoms with Crippen LogP contribution in [-0.4, -0.2) is 23.5 Å². The summed E-state index contributed by atoms with van der Waals surface area (Å²) in [5.41, 5.74) is 1.93. The van der Waals surface area contributed by atoms with E-state index < -0.39 is 5.97 Å². The van der Waals surface area contributed by atoms with Crippen molar-refractivity contribution in [3.8, 4) is 0 Å². The number of carboxylic acid groups (broad SMARTS) is 1. The highest BCUT2D eigenvalue weighted by Gasteiger charge is 2.35. The smallest absolute Gasteiger partial charge is 0.303 e. The van der Waals surface area contributed by atoms with E-state index in [1.54, 1.807) is 4.90 Å². The van der Waals surface area contributed by atoms with Gasteiger partial charge in [0.05, 0.1) is 0 Å². The molecule has 0 radical (unpaired) electrons. The molecule has 0 aromatic heterocycles. The number of carbonyl (C=O) groups excluding carboxylic acids is 1. The Kier molecular flexibility index (Phi) is 3.60. The van der Waals surface area contributed by atoms with Crippen molar-refractivity contribution >= 4 is 17.6 Å². The predicted octanol–water partition coefficient (Wildman–Crippen LogP) is 2.57. The Labute approximate surface area is 113 Å². The fourth-order valence-corrected chi connectivity index (χ4v) is 2.62. The number of para-hydroxylation sites is 1. The molecule has 19 heavy (non-hydrogen) atoms. The number of hydrogen-bond donors (Lipinski definition) is 1. The number of hydrogen-bond acceptors (Lipinski definition) is 2. The predicted molar refractivity (Wildman–Crippen MR) is 73.3 cm³/mol. The molecule has 1 aromatic rings. The van der Waals surface area contributed by atoms with Gasteiger partial charge >= 0.3 is 5.97 Å². The second-order valence-corrected chi connectivity index (χ2v) is 5.62. The van der Waals surface area contributed by atoms with Crippen LogP contribution in [-0.2, 0) is 15.0 Å². The Hall–Kier alpha value is -1.84. The Morgan fingerprint density at radius 3 is 2.74 bits per heavy atom. The monoisotopic (exact) mass is 261 g/mol. The van der Waals surface area contributed by atoms with E-state index in [-0.39, 0.29) is 17.7 Å². The van der Waals surface area contributed by atoms with Crippen molar-refractivity contribution in [1.29, 1.82) is 0 Å². The van der Waals surface area contributed by atoms with E-state index in [0.717, 1.165) is 11.3 Å². The lowest BCUT2D eigenvalue weighted by molar-refractivity contribution is -0.137. The minimum Gasteiger partial charge on any atom is -0.481 e. The van der Waals surface area contributed by atoms with Crippen LogP contribution >= 0.6 is 0 Å². The maximum absolute atomic E-state index is 12.2. The first-order chi connectivity index (χ1) is 8.92. The number of anilines is 1. The molecule has 0 fully saturated rings. The molecule has 1 aromatic carbocycles. The third-order valence-electron chi connectivity index (χ3n) is 3.59. The van der Waals surface area contributed by atoms with Crippen molar-refractivity contribution in [2.75, 3.05) is 11.4 Å². The van der Waals surface area contributed by atoms with Crippen LogP contribution < -0.4 is 4.90 Å². The van der Waals surface area contributed by atoms with E-state index >= 15 is 0 Å². The van der Waals surface area contributed by atoms with E-state index in [9.17, 15) is 9.59 Å². The van der Waals surface area contributed by atoms with Crippen molar-refractivity contribution in [1.82, 2.24) is 0 Å². The molecule has 1 aliphatic heterocycles. The fraction of sp³-hybridized carbons (Fsp3) is 0.467. The lowest BCUT2D eigenvalue weighted by Gasteiger charge is -2.38. The Morgan fingerprint density at radius 1 is 1.37 bits per heavy atom. The third-order valence-corrected chi connectivity index (χ3v) is 3.59. The minimum absolute atomic E-state index is 0.0779. The van der Waals surface area contributed by atoms with Gasteiger partial charge in [0.1, 0.15) is 0 Å². The average molecular weight is 261 g/mol. The van der Waals surface area contributed by atoms with Gasteiger partial charge in [-0.1, -0.05) is 32.0 Å². The van der Waals surface area contributed by atoms with Crippen LogP contribution in [0.15, 0.2) is 24.3 Å². The van der Waals surface area contributed by atoms with Gasteiger partial charge in [-0.3, -0.25) is 9.59 Å². The second-order valence-electron chi connectivity index (χ2n) is 5.62. The fourth-order valence-electron chi connectivity index (χ4n) is 2.62. The van der Waals surface area contributed by atoms with E-state index in [2.05, 4.69) is 13.8 Å². The molecule has 0 aliphatic carbocycles. The van der Waals surface area contributed by atoms with Crippen LogP contribution in [0.2, 0.25) is 0 Å². The summed E-state index contributed by atoms with van der Waals surface area (Å²) in [5, 5.41) is 8.68. The highest BCUT2D eigenvalue weighted by Crippen LogP contribution is 2.39. The summed E-state index contributed by atoms with van der Waals surface area (Å²) in [5.74, 6) is -0.743. The molecule has 0 spiro atoms. The first-order valence-corrected chi connectivity index (χ1v) is 6.53. The summed E-state index contributed by atoms with van der Waals surface area (Å²) in [4.78, 5) is 24.5. The molecule has 1 amide bonds. The van der Waals surface area contributed by atoms with Crippen molar-refractivity contribution in [3.63, 3.8) is 0 Å². The summed E-state index contributed by atoms with van der Waals surface area (Å²) >= 11 is 0. The van der Waals surface area contributed by atoms with Crippen molar-refractivity contribution in [3.05, 3.63) is 29.8 Å². The Bertz CT molecular complexity index is 508. The summed E-state index contributed by atoms with van der Waals surface area (Å²) in [7, 11) is 0. The van der Waals surface area contributed by atoms with Crippen LogP contribution in [0.1, 0.15) is 38.7 Å². The van der Waals surface area contributed by atoms with E-state index in [1.807, 2.05) is 24.3 Å². The largest absolute Gasteiger partial charge is 0.481 e. The Balaban J connectivity index is 2.24. The van der Waals surface area contributed by atoms with Gasteiger partial charge < -0.3 is 10.0 Å². The number of benzene rings is 1. The van der Waals surface area contributed by atoms with Gasteiger partial charge in [-0.25, -0.2) is 0 Å². The lowest BCUT2D eigenvalue weighted by atomic mass is 9.77. The molecule has 0 unspecified atom stereocenters. The van der Waals surface area contributed by atoms with Gasteiger partial charge in [-0.2, -0.15) is 0 Å². The van der Waals surface area contributed by atoms with Crippen molar-refractivity contribution in [2.45, 2.75) is 38.5 Å². The zero-order valence-electron chi connectivity index (χ0n) is 11.3. The zero-order valence-corrected chi connectivity index (χ0v) is 11.3. The van der Waals surface area contributed by atoms with Crippen LogP contribution in [0.3, 0.4) is 0 Å². The molecule has 0 atom stereocenters. The lowest BCUT2D eigenvalue weighted by Crippen LogP contribution is -2.42. The third kappa shape index (κ3) is 2.78. The number of nitrogens with zero attached hydrogens (tertiary/aromatic N) is 1. The number of rotatable bonds is 4. The normalized spacial score (nSPS) is 17.2. The standard InChI is InChI=1S/C15H19NO3/c1-15(2)10-13(17)16(9-5-8-14(18)19)12-7-4-3-6-11(12)15/h3-4,6-7H,5,8-10H2,1-2H3,(H,18,19). The molecule has 4 heteroatoms. The van der Waals surface area contributed by atoms with Gasteiger partial charge in [0.25, 0.3) is 0 Å². The molecular weight excluding hydrogens is 242 g/mol. The second kappa shape index (κ2) is 5.03. The summed E-state index contributed by atoms with van der Waals surface area (Å²) in [6.45, 7) is 4.61. The Morgan fingerprint density at radius 2 is 2.05 bits per heavy atom. The van der Waals surface area contributed by atoms with E-state index in [0.29, 0.717) is 19.4 Å². The molecule has 0 saturated carbocycles. The van der Waals surface area contributed by atoms with Crippen LogP contribution in [0.4, 0.5) is 5.69 Å². The van der Waals surface area contributed by atoms with Gasteiger partial charge in [-0.05, 0) is 18.1 Å². The van der Waals surface area contributed by atoms with Crippen molar-refractivity contribution in [2.24, 2.45) is 0 Å². The average Bonchev–Trinajstić information content (AvgIpc) is 2.32. The van der Waals surface area contributed by atoms with E-state index in [4.69, 9.17) is 5.11 Å². The molecule has 1 heterocycles. The van der Waals surface area contributed by atoms with Gasteiger partial charge in [-0.15, -0.1) is 0 Å². The van der Waals surface area contributed by atoms with Gasteiger partial charge in [0.15, 0.2) is 0 Å². The topological polar surface area (TPSA) is 57.6 Å². The molecule has 102 valence electrons. The van der Waals surface area contributed by atoms with Crippen LogP contribution in [0, 0.1) is 0 Å². The zero-order chi connectivity index (χ0) is 14.0. The van der Waals surface area contributed by atoms with E-state index in [1.165, 1.54) is 0 Å². The number of aliphatic carboxylic acids is 1. The number of carboxylic acids is 1. The quantitative estimate of drug-likeness (QED) is 0.906. The highest BCUT2D eigenvalue weighted by molar-refractivity contribution is 5.97. The first kappa shape index (κ1) is 13.6. The molecule has 2 rings (SSSR count). The first-order valence-electron chi connectivity index (χ1n) is 6.53. The molecular formula is C15H19NO3. The van der Waals surface area contributed by atoms with Gasteiger partial charge in [0, 0.05) is 30.5 Å². The highest BCUT2D eigenvalue weighted by atomic mass is 16.4. The SMILES string of the molecule is CC1(C)CC(=O)N(CCCC(=O)O)c2ccccc21. The number of amides is 1. The molecule has 0 bridgehead atoms. The molecule has 1 N–H and O–H groups in total. The molecule has 0 saturated heterocycles. The minimum atomic E-state index is -0.821. The number of fused-ring (bicyclic) bond motifs is 1. The van der Waals surface area contributed by atoms with Crippen LogP contribution in [0.25, 0.3) is 0 Å². The summed E-state index contributed by atoms with van der Waals surface area (Å²) < 4.78 is 0. The maximum atomic E-state index is 12.2. The van der Waals surface area contributed by atoms with Gasteiger partial charge in [0.2, 0.25) is 5.91 Å². The molecule has 4 nitrogen and oxygen atoms in total. The number of carbonyl (C=O) groups is 2. The summed E-state index contributed by atoms with van der Waals surface area (Å²) in [6.07, 6.45) is 1.04. The summed E-state index contributed by atoms with van der Waals surface area (Å²) in [6, 6.07) is 7.88. The molecule has 1 aliphatic rings. The van der Waals surface area contributed by atoms with Crippen LogP contribution in [0.5, 0.6) is 0 Å².